The van der Waals surface area contributed by atoms with E-state index in [2.05, 4.69) is 65.6 Å². The second kappa shape index (κ2) is 5.72. The van der Waals surface area contributed by atoms with E-state index in [0.717, 1.165) is 29.7 Å². The second-order valence-corrected chi connectivity index (χ2v) is 12.5. The van der Waals surface area contributed by atoms with E-state index >= 15 is 0 Å². The van der Waals surface area contributed by atoms with E-state index in [9.17, 15) is 0 Å². The summed E-state index contributed by atoms with van der Waals surface area (Å²) in [5.41, 5.74) is 1.71. The summed E-state index contributed by atoms with van der Waals surface area (Å²) in [4.78, 5) is 2.97. The van der Waals surface area contributed by atoms with Gasteiger partial charge >= 0.3 is 0 Å². The largest absolute Gasteiger partial charge is 0.313 e. The SMILES string of the molecule is C[C@@H]1C2NCCCC2C(C)(C)[C@@]1(C)N1CCC2C(C1)C(C)(C)CC2(C)C. The molecule has 2 aliphatic carbocycles. The van der Waals surface area contributed by atoms with Crippen LogP contribution in [-0.4, -0.2) is 36.1 Å². The Morgan fingerprint density at radius 2 is 1.50 bits per heavy atom. The topological polar surface area (TPSA) is 15.3 Å². The molecule has 0 aromatic carbocycles. The van der Waals surface area contributed by atoms with Gasteiger partial charge in [-0.3, -0.25) is 4.90 Å². The van der Waals surface area contributed by atoms with Crippen LogP contribution in [0.15, 0.2) is 0 Å². The van der Waals surface area contributed by atoms with Crippen molar-refractivity contribution in [2.24, 2.45) is 39.9 Å². The number of likely N-dealkylation sites (tertiary alicyclic amines) is 1. The number of fused-ring (bicyclic) bond motifs is 2. The van der Waals surface area contributed by atoms with E-state index < -0.39 is 0 Å². The molecule has 2 heteroatoms. The maximum atomic E-state index is 3.93. The molecule has 4 fully saturated rings. The molecule has 150 valence electrons. The highest BCUT2D eigenvalue weighted by atomic mass is 15.2. The van der Waals surface area contributed by atoms with Gasteiger partial charge in [-0.25, -0.2) is 0 Å². The standard InChI is InChI=1S/C24H44N2/c1-16-20-18(10-9-12-25-20)23(6,7)24(16,8)26-13-11-17-19(14-26)22(4,5)15-21(17,2)3/h16-20,25H,9-15H2,1-8H3/t16-,17?,18?,19?,20?,24+/m1/s1. The molecule has 2 saturated carbocycles. The van der Waals surface area contributed by atoms with Crippen LogP contribution in [0.25, 0.3) is 0 Å². The summed E-state index contributed by atoms with van der Waals surface area (Å²) in [6.45, 7) is 24.4. The molecule has 0 radical (unpaired) electrons. The van der Waals surface area contributed by atoms with Gasteiger partial charge in [-0.05, 0) is 85.6 Å². The number of hydrogen-bond acceptors (Lipinski definition) is 2. The lowest BCUT2D eigenvalue weighted by molar-refractivity contribution is -0.0694. The van der Waals surface area contributed by atoms with Crippen molar-refractivity contribution in [1.82, 2.24) is 10.2 Å². The molecule has 4 rings (SSSR count). The summed E-state index contributed by atoms with van der Waals surface area (Å²) in [6, 6.07) is 0.717. The summed E-state index contributed by atoms with van der Waals surface area (Å²) in [7, 11) is 0. The molecular weight excluding hydrogens is 316 g/mol. The van der Waals surface area contributed by atoms with Crippen LogP contribution in [0, 0.1) is 39.9 Å². The number of hydrogen-bond donors (Lipinski definition) is 1. The summed E-state index contributed by atoms with van der Waals surface area (Å²) in [5.74, 6) is 3.35. The lowest BCUT2D eigenvalue weighted by Gasteiger charge is -2.56. The van der Waals surface area contributed by atoms with Gasteiger partial charge in [-0.1, -0.05) is 48.5 Å². The lowest BCUT2D eigenvalue weighted by atomic mass is 9.65. The Balaban J connectivity index is 1.65. The summed E-state index contributed by atoms with van der Waals surface area (Å²) in [5, 5.41) is 3.93. The zero-order chi connectivity index (χ0) is 19.1. The molecule has 2 nitrogen and oxygen atoms in total. The van der Waals surface area contributed by atoms with Crippen LogP contribution in [0.1, 0.15) is 81.1 Å². The van der Waals surface area contributed by atoms with Gasteiger partial charge in [0.05, 0.1) is 0 Å². The first-order valence-corrected chi connectivity index (χ1v) is 11.4. The number of rotatable bonds is 1. The van der Waals surface area contributed by atoms with Gasteiger partial charge in [0.1, 0.15) is 0 Å². The fraction of sp³-hybridized carbons (Fsp3) is 1.00. The van der Waals surface area contributed by atoms with Crippen LogP contribution in [-0.2, 0) is 0 Å². The fourth-order valence-electron chi connectivity index (χ4n) is 8.79. The third-order valence-electron chi connectivity index (χ3n) is 10.4. The van der Waals surface area contributed by atoms with Crippen molar-refractivity contribution in [2.75, 3.05) is 19.6 Å². The highest BCUT2D eigenvalue weighted by molar-refractivity contribution is 5.18. The van der Waals surface area contributed by atoms with Gasteiger partial charge in [0.2, 0.25) is 0 Å². The Morgan fingerprint density at radius 3 is 2.15 bits per heavy atom. The van der Waals surface area contributed by atoms with E-state index in [1.807, 2.05) is 0 Å². The number of piperidine rings is 2. The molecule has 2 aliphatic heterocycles. The predicted octanol–water partition coefficient (Wildman–Crippen LogP) is 5.18. The van der Waals surface area contributed by atoms with Crippen molar-refractivity contribution in [3.63, 3.8) is 0 Å². The first-order chi connectivity index (χ1) is 11.9. The first kappa shape index (κ1) is 19.2. The molecule has 0 bridgehead atoms. The normalized spacial score (nSPS) is 49.6. The van der Waals surface area contributed by atoms with Gasteiger partial charge in [0, 0.05) is 18.1 Å². The minimum Gasteiger partial charge on any atom is -0.313 e. The molecule has 4 aliphatic rings. The van der Waals surface area contributed by atoms with E-state index in [-0.39, 0.29) is 0 Å². The zero-order valence-corrected chi connectivity index (χ0v) is 18.8. The lowest BCUT2D eigenvalue weighted by Crippen LogP contribution is -2.62. The molecule has 0 aromatic rings. The Kier molecular flexibility index (Phi) is 4.24. The Morgan fingerprint density at radius 1 is 0.846 bits per heavy atom. The van der Waals surface area contributed by atoms with Crippen molar-refractivity contribution in [2.45, 2.75) is 92.7 Å². The van der Waals surface area contributed by atoms with Crippen LogP contribution >= 0.6 is 0 Å². The second-order valence-electron chi connectivity index (χ2n) is 12.5. The molecule has 6 atom stereocenters. The monoisotopic (exact) mass is 360 g/mol. The third kappa shape index (κ3) is 2.36. The van der Waals surface area contributed by atoms with E-state index in [1.165, 1.54) is 45.3 Å². The van der Waals surface area contributed by atoms with E-state index in [0.29, 0.717) is 21.8 Å². The minimum absolute atomic E-state index is 0.313. The number of nitrogens with one attached hydrogen (secondary N) is 1. The molecule has 0 amide bonds. The van der Waals surface area contributed by atoms with E-state index in [4.69, 9.17) is 0 Å². The maximum Gasteiger partial charge on any atom is 0.0276 e. The third-order valence-corrected chi connectivity index (χ3v) is 10.4. The summed E-state index contributed by atoms with van der Waals surface area (Å²) < 4.78 is 0. The molecule has 0 spiro atoms. The summed E-state index contributed by atoms with van der Waals surface area (Å²) in [6.07, 6.45) is 5.58. The highest BCUT2D eigenvalue weighted by Gasteiger charge is 2.65. The Labute approximate surface area is 162 Å². The van der Waals surface area contributed by atoms with Crippen LogP contribution in [0.5, 0.6) is 0 Å². The van der Waals surface area contributed by atoms with Crippen molar-refractivity contribution in [3.8, 4) is 0 Å². The minimum atomic E-state index is 0.313. The van der Waals surface area contributed by atoms with Gasteiger partial charge < -0.3 is 5.32 Å². The van der Waals surface area contributed by atoms with Gasteiger partial charge in [-0.2, -0.15) is 0 Å². The molecule has 26 heavy (non-hydrogen) atoms. The molecule has 1 N–H and O–H groups in total. The van der Waals surface area contributed by atoms with Crippen molar-refractivity contribution in [3.05, 3.63) is 0 Å². The van der Waals surface area contributed by atoms with Crippen molar-refractivity contribution >= 4 is 0 Å². The quantitative estimate of drug-likeness (QED) is 0.693. The van der Waals surface area contributed by atoms with Crippen LogP contribution in [0.3, 0.4) is 0 Å². The Hall–Kier alpha value is -0.0800. The number of nitrogens with zero attached hydrogens (tertiary/aromatic N) is 1. The fourth-order valence-corrected chi connectivity index (χ4v) is 8.79. The first-order valence-electron chi connectivity index (χ1n) is 11.4. The van der Waals surface area contributed by atoms with Crippen LogP contribution in [0.4, 0.5) is 0 Å². The summed E-state index contributed by atoms with van der Waals surface area (Å²) >= 11 is 0. The van der Waals surface area contributed by atoms with Crippen LogP contribution < -0.4 is 5.32 Å². The average Bonchev–Trinajstić information content (AvgIpc) is 2.86. The molecule has 0 aromatic heterocycles. The van der Waals surface area contributed by atoms with Crippen molar-refractivity contribution in [1.29, 1.82) is 0 Å². The smallest absolute Gasteiger partial charge is 0.0276 e. The molecular formula is C24H44N2. The zero-order valence-electron chi connectivity index (χ0n) is 18.8. The average molecular weight is 361 g/mol. The molecule has 4 unspecified atom stereocenters. The van der Waals surface area contributed by atoms with Gasteiger partial charge in [0.15, 0.2) is 0 Å². The van der Waals surface area contributed by atoms with Gasteiger partial charge in [-0.15, -0.1) is 0 Å². The van der Waals surface area contributed by atoms with Crippen molar-refractivity contribution < 1.29 is 0 Å². The molecule has 2 heterocycles. The van der Waals surface area contributed by atoms with Gasteiger partial charge in [0.25, 0.3) is 0 Å². The highest BCUT2D eigenvalue weighted by Crippen LogP contribution is 2.63. The predicted molar refractivity (Wildman–Crippen MR) is 111 cm³/mol. The molecule has 2 saturated heterocycles. The van der Waals surface area contributed by atoms with Crippen LogP contribution in [0.2, 0.25) is 0 Å². The Bertz CT molecular complexity index is 563. The maximum absolute atomic E-state index is 3.93. The van der Waals surface area contributed by atoms with E-state index in [1.54, 1.807) is 0 Å².